The van der Waals surface area contributed by atoms with Gasteiger partial charge in [-0.25, -0.2) is 0 Å². The van der Waals surface area contributed by atoms with Gasteiger partial charge in [0.25, 0.3) is 5.91 Å². The molecule has 7 nitrogen and oxygen atoms in total. The number of rotatable bonds is 6. The van der Waals surface area contributed by atoms with Crippen molar-refractivity contribution in [3.8, 4) is 11.5 Å². The fourth-order valence-corrected chi connectivity index (χ4v) is 3.75. The Bertz CT molecular complexity index is 1030. The fourth-order valence-electron chi connectivity index (χ4n) is 3.53. The summed E-state index contributed by atoms with van der Waals surface area (Å²) in [5.41, 5.74) is 2.11. The molecule has 0 spiro atoms. The standard InChI is InChI=1S/C25H29N3O4S/c1-17-12-14-28(15-13-17)24(30)19-6-8-20(9-7-19)26-25(33)27-23(29)11-5-18-4-10-21(31-2)22(16-18)32-3/h4-11,16-17H,12-15H2,1-3H3,(H2,26,27,29,33). The summed E-state index contributed by atoms with van der Waals surface area (Å²) in [5, 5.41) is 5.73. The number of likely N-dealkylation sites (tertiary alicyclic amines) is 1. The third-order valence-electron chi connectivity index (χ3n) is 5.53. The highest BCUT2D eigenvalue weighted by Crippen LogP contribution is 2.28. The van der Waals surface area contributed by atoms with Crippen LogP contribution in [0.4, 0.5) is 5.69 Å². The molecule has 33 heavy (non-hydrogen) atoms. The molecular weight excluding hydrogens is 438 g/mol. The van der Waals surface area contributed by atoms with Crippen LogP contribution in [0.15, 0.2) is 48.5 Å². The maximum atomic E-state index is 12.7. The molecule has 0 radical (unpaired) electrons. The van der Waals surface area contributed by atoms with Gasteiger partial charge in [0.05, 0.1) is 14.2 Å². The van der Waals surface area contributed by atoms with Crippen LogP contribution in [0.3, 0.4) is 0 Å². The van der Waals surface area contributed by atoms with E-state index in [1.54, 1.807) is 56.7 Å². The van der Waals surface area contributed by atoms with Gasteiger partial charge in [0.15, 0.2) is 16.6 Å². The maximum absolute atomic E-state index is 12.7. The Morgan fingerprint density at radius 2 is 1.70 bits per heavy atom. The first-order chi connectivity index (χ1) is 15.9. The second-order valence-electron chi connectivity index (χ2n) is 7.94. The van der Waals surface area contributed by atoms with E-state index in [-0.39, 0.29) is 16.9 Å². The van der Waals surface area contributed by atoms with Gasteiger partial charge in [-0.3, -0.25) is 14.9 Å². The van der Waals surface area contributed by atoms with Crippen LogP contribution in [0.25, 0.3) is 6.08 Å². The highest BCUT2D eigenvalue weighted by Gasteiger charge is 2.21. The zero-order chi connectivity index (χ0) is 23.8. The van der Waals surface area contributed by atoms with Gasteiger partial charge in [-0.15, -0.1) is 0 Å². The van der Waals surface area contributed by atoms with Crippen LogP contribution >= 0.6 is 12.2 Å². The van der Waals surface area contributed by atoms with Crippen molar-refractivity contribution in [3.05, 3.63) is 59.7 Å². The molecule has 8 heteroatoms. The smallest absolute Gasteiger partial charge is 0.253 e. The summed E-state index contributed by atoms with van der Waals surface area (Å²) >= 11 is 5.22. The third kappa shape index (κ3) is 6.79. The maximum Gasteiger partial charge on any atom is 0.253 e. The number of anilines is 1. The zero-order valence-corrected chi connectivity index (χ0v) is 19.9. The topological polar surface area (TPSA) is 79.9 Å². The second-order valence-corrected chi connectivity index (χ2v) is 8.35. The number of ether oxygens (including phenoxy) is 2. The van der Waals surface area contributed by atoms with Gasteiger partial charge in [-0.2, -0.15) is 0 Å². The summed E-state index contributed by atoms with van der Waals surface area (Å²) in [4.78, 5) is 26.8. The molecule has 0 unspecified atom stereocenters. The van der Waals surface area contributed by atoms with E-state index in [0.29, 0.717) is 28.7 Å². The van der Waals surface area contributed by atoms with Crippen molar-refractivity contribution in [1.29, 1.82) is 0 Å². The molecule has 0 aliphatic carbocycles. The van der Waals surface area contributed by atoms with Crippen molar-refractivity contribution in [2.75, 3.05) is 32.6 Å². The Kier molecular flexibility index (Phi) is 8.43. The van der Waals surface area contributed by atoms with Gasteiger partial charge >= 0.3 is 0 Å². The minimum Gasteiger partial charge on any atom is -0.493 e. The highest BCUT2D eigenvalue weighted by molar-refractivity contribution is 7.80. The molecule has 1 aliphatic rings. The van der Waals surface area contributed by atoms with Crippen LogP contribution in [-0.4, -0.2) is 49.1 Å². The number of hydrogen-bond acceptors (Lipinski definition) is 5. The summed E-state index contributed by atoms with van der Waals surface area (Å²) in [5.74, 6) is 1.54. The predicted octanol–water partition coefficient (Wildman–Crippen LogP) is 4.10. The Hall–Kier alpha value is -3.39. The van der Waals surface area contributed by atoms with Crippen LogP contribution in [0, 0.1) is 5.92 Å². The van der Waals surface area contributed by atoms with Gasteiger partial charge in [0.1, 0.15) is 0 Å². The molecule has 1 fully saturated rings. The van der Waals surface area contributed by atoms with Crippen molar-refractivity contribution in [1.82, 2.24) is 10.2 Å². The Morgan fingerprint density at radius 1 is 1.03 bits per heavy atom. The largest absolute Gasteiger partial charge is 0.493 e. The van der Waals surface area contributed by atoms with E-state index in [1.807, 2.05) is 11.0 Å². The average Bonchev–Trinajstić information content (AvgIpc) is 2.83. The van der Waals surface area contributed by atoms with Gasteiger partial charge in [0.2, 0.25) is 5.91 Å². The van der Waals surface area contributed by atoms with Crippen molar-refractivity contribution < 1.29 is 19.1 Å². The molecule has 0 atom stereocenters. The molecule has 1 heterocycles. The van der Waals surface area contributed by atoms with Crippen molar-refractivity contribution in [3.63, 3.8) is 0 Å². The predicted molar refractivity (Wildman–Crippen MR) is 134 cm³/mol. The number of nitrogens with zero attached hydrogens (tertiary/aromatic N) is 1. The van der Waals surface area contributed by atoms with E-state index in [2.05, 4.69) is 17.6 Å². The lowest BCUT2D eigenvalue weighted by Crippen LogP contribution is -2.37. The minimum absolute atomic E-state index is 0.0460. The molecule has 1 saturated heterocycles. The molecule has 0 bridgehead atoms. The molecule has 3 rings (SSSR count). The Morgan fingerprint density at radius 3 is 2.33 bits per heavy atom. The van der Waals surface area contributed by atoms with Crippen LogP contribution in [-0.2, 0) is 4.79 Å². The number of carbonyl (C=O) groups excluding carboxylic acids is 2. The summed E-state index contributed by atoms with van der Waals surface area (Å²) in [7, 11) is 3.12. The summed E-state index contributed by atoms with van der Waals surface area (Å²) in [6, 6.07) is 12.4. The molecule has 2 aromatic rings. The number of hydrogen-bond donors (Lipinski definition) is 2. The lowest BCUT2D eigenvalue weighted by atomic mass is 9.98. The van der Waals surface area contributed by atoms with E-state index in [4.69, 9.17) is 21.7 Å². The Balaban J connectivity index is 1.51. The summed E-state index contributed by atoms with van der Waals surface area (Å²) < 4.78 is 10.5. The van der Waals surface area contributed by atoms with E-state index in [0.717, 1.165) is 31.5 Å². The zero-order valence-electron chi connectivity index (χ0n) is 19.1. The van der Waals surface area contributed by atoms with Crippen molar-refractivity contribution in [2.45, 2.75) is 19.8 Å². The van der Waals surface area contributed by atoms with Crippen LogP contribution in [0.5, 0.6) is 11.5 Å². The number of carbonyl (C=O) groups is 2. The van der Waals surface area contributed by atoms with Crippen molar-refractivity contribution >= 4 is 40.9 Å². The molecule has 2 amide bonds. The average molecular weight is 468 g/mol. The molecule has 2 aromatic carbocycles. The van der Waals surface area contributed by atoms with Crippen LogP contribution < -0.4 is 20.1 Å². The van der Waals surface area contributed by atoms with Crippen molar-refractivity contribution in [2.24, 2.45) is 5.92 Å². The minimum atomic E-state index is -0.367. The number of amides is 2. The van der Waals surface area contributed by atoms with Gasteiger partial charge in [0, 0.05) is 30.4 Å². The van der Waals surface area contributed by atoms with Gasteiger partial charge in [-0.05, 0) is 79.0 Å². The first-order valence-corrected chi connectivity index (χ1v) is 11.2. The summed E-state index contributed by atoms with van der Waals surface area (Å²) in [6.07, 6.45) is 5.12. The molecule has 2 N–H and O–H groups in total. The lowest BCUT2D eigenvalue weighted by Gasteiger charge is -2.30. The number of benzene rings is 2. The quantitative estimate of drug-likeness (QED) is 0.492. The van der Waals surface area contributed by atoms with Gasteiger partial charge in [-0.1, -0.05) is 13.0 Å². The molecular formula is C25H29N3O4S. The number of thiocarbonyl (C=S) groups is 1. The lowest BCUT2D eigenvalue weighted by molar-refractivity contribution is -0.115. The van der Waals surface area contributed by atoms with Crippen LogP contribution in [0.1, 0.15) is 35.7 Å². The molecule has 0 aromatic heterocycles. The number of nitrogens with one attached hydrogen (secondary N) is 2. The fraction of sp³-hybridized carbons (Fsp3) is 0.320. The molecule has 174 valence electrons. The summed E-state index contributed by atoms with van der Waals surface area (Å²) in [6.45, 7) is 3.82. The van der Waals surface area contributed by atoms with E-state index >= 15 is 0 Å². The first-order valence-electron chi connectivity index (χ1n) is 10.8. The molecule has 1 aliphatic heterocycles. The first kappa shape index (κ1) is 24.3. The number of methoxy groups -OCH3 is 2. The van der Waals surface area contributed by atoms with Crippen LogP contribution in [0.2, 0.25) is 0 Å². The highest BCUT2D eigenvalue weighted by atomic mass is 32.1. The SMILES string of the molecule is COc1ccc(C=CC(=O)NC(=S)Nc2ccc(C(=O)N3CCC(C)CC3)cc2)cc1OC. The normalized spacial score (nSPS) is 14.1. The van der Waals surface area contributed by atoms with Gasteiger partial charge < -0.3 is 19.7 Å². The molecule has 0 saturated carbocycles. The van der Waals surface area contributed by atoms with E-state index < -0.39 is 0 Å². The second kappa shape index (κ2) is 11.5. The van der Waals surface area contributed by atoms with E-state index in [9.17, 15) is 9.59 Å². The number of piperidine rings is 1. The monoisotopic (exact) mass is 467 g/mol. The van der Waals surface area contributed by atoms with E-state index in [1.165, 1.54) is 6.08 Å². The Labute approximate surface area is 199 Å². The third-order valence-corrected chi connectivity index (χ3v) is 5.74.